The summed E-state index contributed by atoms with van der Waals surface area (Å²) in [6.07, 6.45) is 7.15. The Bertz CT molecular complexity index is 1370. The summed E-state index contributed by atoms with van der Waals surface area (Å²) in [5, 5.41) is 4.64. The maximum absolute atomic E-state index is 13.5. The molecule has 0 saturated carbocycles. The number of nitrogens with zero attached hydrogens (tertiary/aromatic N) is 3. The van der Waals surface area contributed by atoms with Crippen molar-refractivity contribution in [3.63, 3.8) is 0 Å². The molecule has 4 aromatic rings. The number of carbonyl (C=O) groups excluding carboxylic acids is 1. The molecule has 1 aliphatic rings. The summed E-state index contributed by atoms with van der Waals surface area (Å²) < 4.78 is 6.74. The molecule has 31 heavy (non-hydrogen) atoms. The predicted octanol–water partition coefficient (Wildman–Crippen LogP) is 3.99. The van der Waals surface area contributed by atoms with Crippen LogP contribution in [0.1, 0.15) is 45.2 Å². The zero-order valence-corrected chi connectivity index (χ0v) is 17.7. The monoisotopic (exact) mass is 432 g/mol. The van der Waals surface area contributed by atoms with Crippen molar-refractivity contribution in [2.45, 2.75) is 32.6 Å². The number of aryl methyl sites for hydroxylation is 3. The van der Waals surface area contributed by atoms with Gasteiger partial charge >= 0.3 is 0 Å². The van der Waals surface area contributed by atoms with Gasteiger partial charge in [-0.05, 0) is 68.5 Å². The molecule has 1 amide bonds. The standard InChI is InChI=1S/C23H20N4O3S/c1-14-25-22-20(18-9-2-3-10-19(18)31-22)23(29)27(14)16-7-4-6-15(12-16)21(28)26-24-13-17-8-5-11-30-17/h4-8,11-13H,2-3,9-10H2,1H3,(H,26,28)/b24-13+. The van der Waals surface area contributed by atoms with Gasteiger partial charge < -0.3 is 4.42 Å². The number of rotatable bonds is 4. The van der Waals surface area contributed by atoms with Gasteiger partial charge in [0.25, 0.3) is 11.5 Å². The molecule has 0 bridgehead atoms. The number of hydrazone groups is 1. The highest BCUT2D eigenvalue weighted by Gasteiger charge is 2.21. The third-order valence-corrected chi connectivity index (χ3v) is 6.61. The van der Waals surface area contributed by atoms with E-state index in [2.05, 4.69) is 10.5 Å². The van der Waals surface area contributed by atoms with Crippen LogP contribution in [0.3, 0.4) is 0 Å². The average Bonchev–Trinajstić information content (AvgIpc) is 3.41. The predicted molar refractivity (Wildman–Crippen MR) is 120 cm³/mol. The normalized spacial score (nSPS) is 13.6. The summed E-state index contributed by atoms with van der Waals surface area (Å²) in [7, 11) is 0. The number of hydrogen-bond acceptors (Lipinski definition) is 6. The van der Waals surface area contributed by atoms with Gasteiger partial charge in [0.2, 0.25) is 0 Å². The maximum Gasteiger partial charge on any atom is 0.271 e. The molecule has 0 unspecified atom stereocenters. The van der Waals surface area contributed by atoms with Crippen molar-refractivity contribution in [1.29, 1.82) is 0 Å². The lowest BCUT2D eigenvalue weighted by Crippen LogP contribution is -2.23. The fraction of sp³-hybridized carbons (Fsp3) is 0.217. The van der Waals surface area contributed by atoms with E-state index in [9.17, 15) is 9.59 Å². The lowest BCUT2D eigenvalue weighted by molar-refractivity contribution is 0.0955. The first-order valence-electron chi connectivity index (χ1n) is 10.1. The van der Waals surface area contributed by atoms with Gasteiger partial charge in [0.05, 0.1) is 23.6 Å². The SMILES string of the molecule is Cc1nc2sc3c(c2c(=O)n1-c1cccc(C(=O)N/N=C/c2ccco2)c1)CCCC3. The Morgan fingerprint density at radius 2 is 2.13 bits per heavy atom. The van der Waals surface area contributed by atoms with Crippen LogP contribution in [0, 0.1) is 6.92 Å². The highest BCUT2D eigenvalue weighted by atomic mass is 32.1. The number of amides is 1. The number of aromatic nitrogens is 2. The van der Waals surface area contributed by atoms with Crippen molar-refractivity contribution < 1.29 is 9.21 Å². The fourth-order valence-corrected chi connectivity index (χ4v) is 5.28. The van der Waals surface area contributed by atoms with Crippen LogP contribution < -0.4 is 11.0 Å². The third kappa shape index (κ3) is 3.59. The van der Waals surface area contributed by atoms with Crippen LogP contribution in [0.25, 0.3) is 15.9 Å². The van der Waals surface area contributed by atoms with E-state index in [1.54, 1.807) is 46.2 Å². The van der Waals surface area contributed by atoms with Gasteiger partial charge in [0.1, 0.15) is 16.4 Å². The molecule has 3 heterocycles. The number of carbonyl (C=O) groups is 1. The van der Waals surface area contributed by atoms with Gasteiger partial charge in [-0.25, -0.2) is 10.4 Å². The quantitative estimate of drug-likeness (QED) is 0.390. The molecule has 156 valence electrons. The van der Waals surface area contributed by atoms with E-state index in [4.69, 9.17) is 9.40 Å². The summed E-state index contributed by atoms with van der Waals surface area (Å²) in [6.45, 7) is 1.82. The van der Waals surface area contributed by atoms with E-state index in [1.165, 1.54) is 17.4 Å². The first-order valence-corrected chi connectivity index (χ1v) is 10.9. The maximum atomic E-state index is 13.5. The zero-order valence-electron chi connectivity index (χ0n) is 16.9. The Labute approximate surface area is 182 Å². The molecule has 0 fully saturated rings. The first-order chi connectivity index (χ1) is 15.1. The van der Waals surface area contributed by atoms with E-state index >= 15 is 0 Å². The number of benzene rings is 1. The minimum Gasteiger partial charge on any atom is -0.463 e. The highest BCUT2D eigenvalue weighted by Crippen LogP contribution is 2.34. The highest BCUT2D eigenvalue weighted by molar-refractivity contribution is 7.18. The topological polar surface area (TPSA) is 89.5 Å². The summed E-state index contributed by atoms with van der Waals surface area (Å²) in [5.41, 5.74) is 4.56. The third-order valence-electron chi connectivity index (χ3n) is 5.42. The van der Waals surface area contributed by atoms with E-state index in [0.29, 0.717) is 22.8 Å². The Kier molecular flexibility index (Phi) is 4.99. The second-order valence-corrected chi connectivity index (χ2v) is 8.54. The molecule has 5 rings (SSSR count). The molecule has 1 N–H and O–H groups in total. The number of thiophene rings is 1. The van der Waals surface area contributed by atoms with Crippen molar-refractivity contribution in [2.24, 2.45) is 5.10 Å². The molecule has 0 saturated heterocycles. The van der Waals surface area contributed by atoms with Gasteiger partial charge in [0, 0.05) is 10.4 Å². The minimum absolute atomic E-state index is 0.0738. The first kappa shape index (κ1) is 19.4. The molecular weight excluding hydrogens is 412 g/mol. The Morgan fingerprint density at radius 3 is 2.97 bits per heavy atom. The Morgan fingerprint density at radius 1 is 1.26 bits per heavy atom. The summed E-state index contributed by atoms with van der Waals surface area (Å²) in [6, 6.07) is 10.4. The summed E-state index contributed by atoms with van der Waals surface area (Å²) in [5.74, 6) is 0.761. The van der Waals surface area contributed by atoms with Crippen LogP contribution in [0.5, 0.6) is 0 Å². The number of furan rings is 1. The number of hydrogen-bond donors (Lipinski definition) is 1. The summed E-state index contributed by atoms with van der Waals surface area (Å²) >= 11 is 1.64. The van der Waals surface area contributed by atoms with Crippen LogP contribution in [0.15, 0.2) is 57.0 Å². The van der Waals surface area contributed by atoms with Gasteiger partial charge in [-0.1, -0.05) is 6.07 Å². The van der Waals surface area contributed by atoms with Crippen molar-refractivity contribution in [2.75, 3.05) is 0 Å². The smallest absolute Gasteiger partial charge is 0.271 e. The molecule has 0 spiro atoms. The van der Waals surface area contributed by atoms with Crippen LogP contribution in [-0.2, 0) is 12.8 Å². The van der Waals surface area contributed by atoms with E-state index < -0.39 is 0 Å². The molecule has 0 atom stereocenters. The molecule has 0 aliphatic heterocycles. The van der Waals surface area contributed by atoms with Gasteiger partial charge in [-0.15, -0.1) is 11.3 Å². The molecule has 7 nitrogen and oxygen atoms in total. The number of nitrogens with one attached hydrogen (secondary N) is 1. The van der Waals surface area contributed by atoms with Crippen LogP contribution in [-0.4, -0.2) is 21.7 Å². The Hall–Kier alpha value is -3.52. The number of fused-ring (bicyclic) bond motifs is 3. The van der Waals surface area contributed by atoms with Crippen molar-refractivity contribution >= 4 is 33.7 Å². The second kappa shape index (κ2) is 7.96. The van der Waals surface area contributed by atoms with Gasteiger partial charge in [-0.3, -0.25) is 14.2 Å². The lowest BCUT2D eigenvalue weighted by atomic mass is 9.97. The molecule has 1 aliphatic carbocycles. The van der Waals surface area contributed by atoms with E-state index in [0.717, 1.165) is 41.5 Å². The molecule has 8 heteroatoms. The molecule has 3 aromatic heterocycles. The van der Waals surface area contributed by atoms with Crippen LogP contribution in [0.4, 0.5) is 0 Å². The summed E-state index contributed by atoms with van der Waals surface area (Å²) in [4.78, 5) is 32.8. The zero-order chi connectivity index (χ0) is 21.4. The van der Waals surface area contributed by atoms with Crippen LogP contribution >= 0.6 is 11.3 Å². The molecular formula is C23H20N4O3S. The largest absolute Gasteiger partial charge is 0.463 e. The second-order valence-electron chi connectivity index (χ2n) is 7.46. The Balaban J connectivity index is 1.50. The average molecular weight is 433 g/mol. The van der Waals surface area contributed by atoms with Crippen LogP contribution in [0.2, 0.25) is 0 Å². The van der Waals surface area contributed by atoms with E-state index in [-0.39, 0.29) is 11.5 Å². The van der Waals surface area contributed by atoms with Crippen molar-refractivity contribution in [1.82, 2.24) is 15.0 Å². The minimum atomic E-state index is -0.377. The van der Waals surface area contributed by atoms with Crippen molar-refractivity contribution in [3.8, 4) is 5.69 Å². The lowest BCUT2D eigenvalue weighted by Gasteiger charge is -2.12. The van der Waals surface area contributed by atoms with Gasteiger partial charge in [0.15, 0.2) is 0 Å². The molecule has 1 aromatic carbocycles. The fourth-order valence-electron chi connectivity index (χ4n) is 3.98. The van der Waals surface area contributed by atoms with Crippen molar-refractivity contribution in [3.05, 3.63) is 80.6 Å². The van der Waals surface area contributed by atoms with Gasteiger partial charge in [-0.2, -0.15) is 5.10 Å². The van der Waals surface area contributed by atoms with E-state index in [1.807, 2.05) is 13.0 Å². The molecule has 0 radical (unpaired) electrons.